The van der Waals surface area contributed by atoms with Crippen molar-refractivity contribution in [3.63, 3.8) is 0 Å². The van der Waals surface area contributed by atoms with Crippen molar-refractivity contribution in [2.24, 2.45) is 5.10 Å². The molecule has 170 valence electrons. The minimum atomic E-state index is -1.27. The van der Waals surface area contributed by atoms with Gasteiger partial charge in [-0.3, -0.25) is 14.9 Å². The second-order valence-corrected chi connectivity index (χ2v) is 7.26. The number of nitrogens with zero attached hydrogens (tertiary/aromatic N) is 4. The number of carbonyl (C=O) groups is 1. The molecule has 1 heterocycles. The highest BCUT2D eigenvalue weighted by Gasteiger charge is 2.21. The Morgan fingerprint density at radius 3 is 2.56 bits per heavy atom. The van der Waals surface area contributed by atoms with Gasteiger partial charge in [-0.15, -0.1) is 0 Å². The Balaban J connectivity index is 1.80. The molecule has 3 aromatic carbocycles. The smallest absolute Gasteiger partial charge is 0.344 e. The molecule has 0 aliphatic heterocycles. The first-order valence-corrected chi connectivity index (χ1v) is 10.1. The summed E-state index contributed by atoms with van der Waals surface area (Å²) in [5, 5.41) is 25.2. The van der Waals surface area contributed by atoms with Gasteiger partial charge in [0, 0.05) is 17.2 Å². The lowest BCUT2D eigenvalue weighted by molar-refractivity contribution is -0.386. The lowest BCUT2D eigenvalue weighted by Gasteiger charge is -2.11. The molecular formula is C24H18N4O6. The highest BCUT2D eigenvalue weighted by Crippen LogP contribution is 2.28. The molecule has 0 radical (unpaired) electrons. The van der Waals surface area contributed by atoms with Crippen molar-refractivity contribution >= 4 is 28.8 Å². The highest BCUT2D eigenvalue weighted by molar-refractivity contribution is 5.83. The number of aromatic nitrogens is 2. The Labute approximate surface area is 192 Å². The zero-order valence-electron chi connectivity index (χ0n) is 17.9. The van der Waals surface area contributed by atoms with Crippen LogP contribution in [0.5, 0.6) is 5.75 Å². The number of hydrogen-bond acceptors (Lipinski definition) is 7. The minimum Gasteiger partial charge on any atom is -0.479 e. The van der Waals surface area contributed by atoms with E-state index in [4.69, 9.17) is 9.84 Å². The quantitative estimate of drug-likeness (QED) is 0.253. The first-order valence-electron chi connectivity index (χ1n) is 10.1. The van der Waals surface area contributed by atoms with E-state index >= 15 is 0 Å². The third-order valence-electron chi connectivity index (χ3n) is 4.94. The van der Waals surface area contributed by atoms with Gasteiger partial charge in [-0.2, -0.15) is 9.78 Å². The third kappa shape index (κ3) is 4.51. The van der Waals surface area contributed by atoms with Crippen molar-refractivity contribution in [2.75, 3.05) is 0 Å². The van der Waals surface area contributed by atoms with Gasteiger partial charge >= 0.3 is 11.7 Å². The van der Waals surface area contributed by atoms with E-state index in [1.165, 1.54) is 31.3 Å². The minimum absolute atomic E-state index is 0.188. The van der Waals surface area contributed by atoms with Gasteiger partial charge in [-0.05, 0) is 31.2 Å². The van der Waals surface area contributed by atoms with Gasteiger partial charge in [-0.25, -0.2) is 9.78 Å². The largest absolute Gasteiger partial charge is 0.479 e. The topological polar surface area (TPSA) is 137 Å². The van der Waals surface area contributed by atoms with Gasteiger partial charge < -0.3 is 9.84 Å². The maximum atomic E-state index is 13.2. The summed E-state index contributed by atoms with van der Waals surface area (Å²) in [5.74, 6) is -1.13. The molecule has 0 aliphatic rings. The Morgan fingerprint density at radius 1 is 1.15 bits per heavy atom. The number of aliphatic carboxylic acids is 1. The van der Waals surface area contributed by atoms with E-state index in [-0.39, 0.29) is 5.75 Å². The lowest BCUT2D eigenvalue weighted by Crippen LogP contribution is -2.23. The van der Waals surface area contributed by atoms with E-state index in [9.17, 15) is 19.7 Å². The Bertz CT molecular complexity index is 1480. The zero-order chi connectivity index (χ0) is 24.2. The molecule has 4 aromatic rings. The average Bonchev–Trinajstić information content (AvgIpc) is 2.84. The number of nitro benzene ring substituents is 1. The zero-order valence-corrected chi connectivity index (χ0v) is 17.9. The normalized spacial score (nSPS) is 12.0. The molecule has 4 rings (SSSR count). The van der Waals surface area contributed by atoms with Gasteiger partial charge in [0.2, 0.25) is 0 Å². The summed E-state index contributed by atoms with van der Waals surface area (Å²) in [5.41, 5.74) is 0.665. The summed E-state index contributed by atoms with van der Waals surface area (Å²) >= 11 is 0. The van der Waals surface area contributed by atoms with Gasteiger partial charge in [0.25, 0.3) is 5.56 Å². The summed E-state index contributed by atoms with van der Waals surface area (Å²) in [6, 6.07) is 19.9. The molecule has 10 heteroatoms. The van der Waals surface area contributed by atoms with Gasteiger partial charge in [-0.1, -0.05) is 42.5 Å². The van der Waals surface area contributed by atoms with Crippen LogP contribution < -0.4 is 10.3 Å². The molecular weight excluding hydrogens is 440 g/mol. The summed E-state index contributed by atoms with van der Waals surface area (Å²) < 4.78 is 6.32. The predicted molar refractivity (Wildman–Crippen MR) is 125 cm³/mol. The van der Waals surface area contributed by atoms with Crippen LogP contribution in [0.3, 0.4) is 0 Å². The van der Waals surface area contributed by atoms with Crippen molar-refractivity contribution in [3.05, 3.63) is 98.8 Å². The van der Waals surface area contributed by atoms with Crippen molar-refractivity contribution < 1.29 is 19.6 Å². The standard InChI is InChI=1S/C24H18N4O6/c1-15(24(30)31)34-21-12-11-16(13-20(21)28(32)33)14-25-27-22(17-7-3-2-4-8-17)26-19-10-6-5-9-18(19)23(27)29/h2-15H,1H3,(H,30,31)/t15-/m0/s1. The Hall–Kier alpha value is -4.86. The van der Waals surface area contributed by atoms with Crippen LogP contribution in [0.25, 0.3) is 22.3 Å². The summed E-state index contributed by atoms with van der Waals surface area (Å²) in [4.78, 5) is 39.6. The van der Waals surface area contributed by atoms with Crippen molar-refractivity contribution in [2.45, 2.75) is 13.0 Å². The molecule has 0 spiro atoms. The Kier molecular flexibility index (Phi) is 6.13. The fourth-order valence-corrected chi connectivity index (χ4v) is 3.23. The number of fused-ring (bicyclic) bond motifs is 1. The van der Waals surface area contributed by atoms with Crippen molar-refractivity contribution in [1.82, 2.24) is 9.66 Å². The van der Waals surface area contributed by atoms with Crippen LogP contribution in [0.1, 0.15) is 12.5 Å². The third-order valence-corrected chi connectivity index (χ3v) is 4.94. The fourth-order valence-electron chi connectivity index (χ4n) is 3.23. The molecule has 0 fully saturated rings. The number of para-hydroxylation sites is 1. The molecule has 0 amide bonds. The molecule has 0 aliphatic carbocycles. The number of hydrogen-bond donors (Lipinski definition) is 1. The van der Waals surface area contributed by atoms with Crippen LogP contribution in [0.2, 0.25) is 0 Å². The van der Waals surface area contributed by atoms with Crippen molar-refractivity contribution in [3.8, 4) is 17.1 Å². The van der Waals surface area contributed by atoms with Crippen molar-refractivity contribution in [1.29, 1.82) is 0 Å². The van der Waals surface area contributed by atoms with Crippen LogP contribution in [0.15, 0.2) is 82.7 Å². The molecule has 0 saturated heterocycles. The second-order valence-electron chi connectivity index (χ2n) is 7.26. The lowest BCUT2D eigenvalue weighted by atomic mass is 10.2. The molecule has 0 bridgehead atoms. The predicted octanol–water partition coefficient (Wildman–Crippen LogP) is 3.71. The molecule has 1 atom stereocenters. The summed E-state index contributed by atoms with van der Waals surface area (Å²) in [6.07, 6.45) is 0.0238. The van der Waals surface area contributed by atoms with Gasteiger partial charge in [0.15, 0.2) is 17.7 Å². The molecule has 1 N–H and O–H groups in total. The second kappa shape index (κ2) is 9.33. The van der Waals surface area contributed by atoms with Gasteiger partial charge in [0.1, 0.15) is 0 Å². The first-order chi connectivity index (χ1) is 16.3. The summed E-state index contributed by atoms with van der Waals surface area (Å²) in [7, 11) is 0. The van der Waals surface area contributed by atoms with Crippen LogP contribution in [-0.4, -0.2) is 38.0 Å². The summed E-state index contributed by atoms with van der Waals surface area (Å²) in [6.45, 7) is 1.27. The van der Waals surface area contributed by atoms with Gasteiger partial charge in [0.05, 0.1) is 22.0 Å². The van der Waals surface area contributed by atoms with E-state index < -0.39 is 28.2 Å². The fraction of sp³-hybridized carbons (Fsp3) is 0.0833. The maximum Gasteiger partial charge on any atom is 0.344 e. The number of benzene rings is 3. The van der Waals surface area contributed by atoms with Crippen LogP contribution in [0, 0.1) is 10.1 Å². The number of carboxylic acid groups (broad SMARTS) is 1. The SMILES string of the molecule is C[C@H](Oc1ccc(C=Nn2c(-c3ccccc3)nc3ccccc3c2=O)cc1[N+](=O)[O-])C(=O)O. The van der Waals surface area contributed by atoms with Crippen LogP contribution in [-0.2, 0) is 4.79 Å². The van der Waals surface area contributed by atoms with Crippen LogP contribution >= 0.6 is 0 Å². The highest BCUT2D eigenvalue weighted by atomic mass is 16.6. The first kappa shape index (κ1) is 22.3. The van der Waals surface area contributed by atoms with E-state index in [1.54, 1.807) is 36.4 Å². The molecule has 1 aromatic heterocycles. The molecule has 0 saturated carbocycles. The number of carboxylic acids is 1. The van der Waals surface area contributed by atoms with E-state index in [0.717, 1.165) is 4.68 Å². The molecule has 10 nitrogen and oxygen atoms in total. The molecule has 34 heavy (non-hydrogen) atoms. The number of rotatable bonds is 7. The number of ether oxygens (including phenoxy) is 1. The Morgan fingerprint density at radius 2 is 1.85 bits per heavy atom. The molecule has 0 unspecified atom stereocenters. The van der Waals surface area contributed by atoms with E-state index in [2.05, 4.69) is 10.1 Å². The average molecular weight is 458 g/mol. The van der Waals surface area contributed by atoms with E-state index in [0.29, 0.717) is 27.9 Å². The monoisotopic (exact) mass is 458 g/mol. The maximum absolute atomic E-state index is 13.2. The van der Waals surface area contributed by atoms with Crippen LogP contribution in [0.4, 0.5) is 5.69 Å². The van der Waals surface area contributed by atoms with E-state index in [1.807, 2.05) is 18.2 Å². The number of nitro groups is 1.